The van der Waals surface area contributed by atoms with Crippen molar-refractivity contribution in [3.8, 4) is 5.75 Å². The fraction of sp³-hybridized carbons (Fsp3) is 0.286. The minimum atomic E-state index is -0.868. The van der Waals surface area contributed by atoms with Gasteiger partial charge in [-0.2, -0.15) is 0 Å². The number of benzene rings is 2. The molecule has 1 unspecified atom stereocenters. The second-order valence-electron chi connectivity index (χ2n) is 6.78. The maximum atomic E-state index is 12.8. The summed E-state index contributed by atoms with van der Waals surface area (Å²) in [4.78, 5) is 37.1. The third-order valence-corrected chi connectivity index (χ3v) is 4.78. The standard InChI is InChI=1S/C21H22N2O5/c22-19(24)17-8-1-2-9-18(17)28-13-14-5-3-6-15(11-14)20(25)23-10-4-7-16(12-23)21(26)27/h1-3,5-6,8-9,11,16H,4,7,10,12-13H2,(H2,22,24)(H,26,27). The number of primary amides is 1. The molecule has 1 heterocycles. The Bertz CT molecular complexity index is 896. The highest BCUT2D eigenvalue weighted by atomic mass is 16.5. The van der Waals surface area contributed by atoms with Crippen LogP contribution in [0.2, 0.25) is 0 Å². The number of nitrogens with zero attached hydrogens (tertiary/aromatic N) is 1. The molecule has 2 amide bonds. The Hall–Kier alpha value is -3.35. The van der Waals surface area contributed by atoms with E-state index in [1.807, 2.05) is 6.07 Å². The van der Waals surface area contributed by atoms with Crippen molar-refractivity contribution >= 4 is 17.8 Å². The van der Waals surface area contributed by atoms with Gasteiger partial charge in [-0.25, -0.2) is 0 Å². The van der Waals surface area contributed by atoms with Crippen molar-refractivity contribution in [1.29, 1.82) is 0 Å². The Morgan fingerprint density at radius 2 is 1.93 bits per heavy atom. The Kier molecular flexibility index (Phi) is 5.93. The molecule has 7 nitrogen and oxygen atoms in total. The Morgan fingerprint density at radius 3 is 2.68 bits per heavy atom. The van der Waals surface area contributed by atoms with Crippen LogP contribution in [0.1, 0.15) is 39.1 Å². The van der Waals surface area contributed by atoms with Gasteiger partial charge in [-0.15, -0.1) is 0 Å². The maximum Gasteiger partial charge on any atom is 0.308 e. The molecule has 1 aliphatic rings. The lowest BCUT2D eigenvalue weighted by atomic mass is 9.97. The number of hydrogen-bond donors (Lipinski definition) is 2. The van der Waals surface area contributed by atoms with Crippen LogP contribution in [0.3, 0.4) is 0 Å². The number of hydrogen-bond acceptors (Lipinski definition) is 4. The molecular formula is C21H22N2O5. The molecule has 28 heavy (non-hydrogen) atoms. The van der Waals surface area contributed by atoms with Crippen LogP contribution >= 0.6 is 0 Å². The van der Waals surface area contributed by atoms with E-state index in [0.29, 0.717) is 36.3 Å². The lowest BCUT2D eigenvalue weighted by Gasteiger charge is -2.30. The number of piperidine rings is 1. The van der Waals surface area contributed by atoms with Crippen LogP contribution in [0, 0.1) is 5.92 Å². The molecule has 0 spiro atoms. The van der Waals surface area contributed by atoms with Gasteiger partial charge in [0.15, 0.2) is 0 Å². The van der Waals surface area contributed by atoms with Crippen molar-refractivity contribution in [2.24, 2.45) is 11.7 Å². The second kappa shape index (κ2) is 8.56. The van der Waals surface area contributed by atoms with Crippen LogP contribution < -0.4 is 10.5 Å². The number of para-hydroxylation sites is 1. The second-order valence-corrected chi connectivity index (χ2v) is 6.78. The normalized spacial score (nSPS) is 16.4. The number of ether oxygens (including phenoxy) is 1. The topological polar surface area (TPSA) is 110 Å². The smallest absolute Gasteiger partial charge is 0.308 e. The lowest BCUT2D eigenvalue weighted by Crippen LogP contribution is -2.42. The minimum Gasteiger partial charge on any atom is -0.488 e. The first kappa shape index (κ1) is 19.4. The molecule has 1 aliphatic heterocycles. The van der Waals surface area contributed by atoms with Gasteiger partial charge in [0.25, 0.3) is 11.8 Å². The van der Waals surface area contributed by atoms with Crippen LogP contribution in [0.5, 0.6) is 5.75 Å². The zero-order valence-electron chi connectivity index (χ0n) is 15.3. The Balaban J connectivity index is 1.70. The first-order valence-corrected chi connectivity index (χ1v) is 9.08. The molecule has 1 saturated heterocycles. The molecule has 2 aromatic carbocycles. The third kappa shape index (κ3) is 4.49. The van der Waals surface area contributed by atoms with Crippen LogP contribution in [-0.2, 0) is 11.4 Å². The average Bonchev–Trinajstić information content (AvgIpc) is 2.72. The highest BCUT2D eigenvalue weighted by Gasteiger charge is 2.28. The van der Waals surface area contributed by atoms with E-state index in [1.54, 1.807) is 47.4 Å². The summed E-state index contributed by atoms with van der Waals surface area (Å²) in [5.41, 5.74) is 6.89. The molecule has 0 aliphatic carbocycles. The van der Waals surface area contributed by atoms with Gasteiger partial charge in [-0.1, -0.05) is 24.3 Å². The number of nitrogens with two attached hydrogens (primary N) is 1. The van der Waals surface area contributed by atoms with Crippen LogP contribution in [0.25, 0.3) is 0 Å². The van der Waals surface area contributed by atoms with E-state index in [4.69, 9.17) is 10.5 Å². The van der Waals surface area contributed by atoms with E-state index in [1.165, 1.54) is 0 Å². The van der Waals surface area contributed by atoms with E-state index in [-0.39, 0.29) is 19.1 Å². The summed E-state index contributed by atoms with van der Waals surface area (Å²) in [6, 6.07) is 13.7. The number of rotatable bonds is 6. The van der Waals surface area contributed by atoms with E-state index in [0.717, 1.165) is 5.56 Å². The quantitative estimate of drug-likeness (QED) is 0.797. The number of carbonyl (C=O) groups is 3. The van der Waals surface area contributed by atoms with Gasteiger partial charge in [-0.05, 0) is 42.7 Å². The fourth-order valence-corrected chi connectivity index (χ4v) is 3.30. The summed E-state index contributed by atoms with van der Waals surface area (Å²) in [7, 11) is 0. The Labute approximate surface area is 162 Å². The predicted molar refractivity (Wildman–Crippen MR) is 102 cm³/mol. The van der Waals surface area contributed by atoms with E-state index >= 15 is 0 Å². The lowest BCUT2D eigenvalue weighted by molar-refractivity contribution is -0.143. The third-order valence-electron chi connectivity index (χ3n) is 4.78. The summed E-state index contributed by atoms with van der Waals surface area (Å²) in [6.45, 7) is 0.944. The summed E-state index contributed by atoms with van der Waals surface area (Å²) >= 11 is 0. The van der Waals surface area contributed by atoms with Gasteiger partial charge >= 0.3 is 5.97 Å². The molecule has 0 saturated carbocycles. The number of carboxylic acids is 1. The van der Waals surface area contributed by atoms with Crippen LogP contribution in [0.4, 0.5) is 0 Å². The molecule has 0 bridgehead atoms. The molecule has 146 valence electrons. The van der Waals surface area contributed by atoms with Gasteiger partial charge in [0.2, 0.25) is 0 Å². The number of amides is 2. The van der Waals surface area contributed by atoms with Crippen molar-refractivity contribution < 1.29 is 24.2 Å². The van der Waals surface area contributed by atoms with Crippen molar-refractivity contribution in [2.45, 2.75) is 19.4 Å². The van der Waals surface area contributed by atoms with E-state index in [9.17, 15) is 19.5 Å². The predicted octanol–water partition coefficient (Wildman–Crippen LogP) is 2.30. The van der Waals surface area contributed by atoms with Crippen molar-refractivity contribution in [2.75, 3.05) is 13.1 Å². The molecule has 0 radical (unpaired) electrons. The highest BCUT2D eigenvalue weighted by molar-refractivity contribution is 5.95. The van der Waals surface area contributed by atoms with E-state index < -0.39 is 17.8 Å². The summed E-state index contributed by atoms with van der Waals surface area (Å²) in [5.74, 6) is -1.77. The molecule has 1 fully saturated rings. The summed E-state index contributed by atoms with van der Waals surface area (Å²) in [6.07, 6.45) is 1.27. The van der Waals surface area contributed by atoms with E-state index in [2.05, 4.69) is 0 Å². The largest absolute Gasteiger partial charge is 0.488 e. The monoisotopic (exact) mass is 382 g/mol. The zero-order chi connectivity index (χ0) is 20.1. The SMILES string of the molecule is NC(=O)c1ccccc1OCc1cccc(C(=O)N2CCCC(C(=O)O)C2)c1. The zero-order valence-corrected chi connectivity index (χ0v) is 15.3. The summed E-state index contributed by atoms with van der Waals surface area (Å²) < 4.78 is 5.71. The molecule has 1 atom stereocenters. The molecule has 3 rings (SSSR count). The van der Waals surface area contributed by atoms with Gasteiger partial charge < -0.3 is 20.5 Å². The van der Waals surface area contributed by atoms with Crippen molar-refractivity contribution in [3.63, 3.8) is 0 Å². The Morgan fingerprint density at radius 1 is 1.14 bits per heavy atom. The van der Waals surface area contributed by atoms with Crippen molar-refractivity contribution in [3.05, 3.63) is 65.2 Å². The average molecular weight is 382 g/mol. The van der Waals surface area contributed by atoms with Gasteiger partial charge in [0.1, 0.15) is 12.4 Å². The fourth-order valence-electron chi connectivity index (χ4n) is 3.30. The first-order valence-electron chi connectivity index (χ1n) is 9.08. The molecule has 0 aromatic heterocycles. The first-order chi connectivity index (χ1) is 13.5. The van der Waals surface area contributed by atoms with Gasteiger partial charge in [0.05, 0.1) is 11.5 Å². The highest BCUT2D eigenvalue weighted by Crippen LogP contribution is 2.21. The molecule has 2 aromatic rings. The minimum absolute atomic E-state index is 0.170. The van der Waals surface area contributed by atoms with Gasteiger partial charge in [-0.3, -0.25) is 14.4 Å². The van der Waals surface area contributed by atoms with Crippen LogP contribution in [0.15, 0.2) is 48.5 Å². The summed E-state index contributed by atoms with van der Waals surface area (Å²) in [5, 5.41) is 9.20. The molecule has 3 N–H and O–H groups in total. The van der Waals surface area contributed by atoms with Gasteiger partial charge in [0, 0.05) is 18.7 Å². The molecular weight excluding hydrogens is 360 g/mol. The number of aliphatic carboxylic acids is 1. The maximum absolute atomic E-state index is 12.8. The van der Waals surface area contributed by atoms with Crippen LogP contribution in [-0.4, -0.2) is 40.9 Å². The van der Waals surface area contributed by atoms with Crippen molar-refractivity contribution in [1.82, 2.24) is 4.90 Å². The number of carbonyl (C=O) groups excluding carboxylic acids is 2. The molecule has 7 heteroatoms. The number of carboxylic acid groups (broad SMARTS) is 1. The number of likely N-dealkylation sites (tertiary alicyclic amines) is 1.